The van der Waals surface area contributed by atoms with Crippen molar-refractivity contribution in [3.63, 3.8) is 0 Å². The van der Waals surface area contributed by atoms with Crippen molar-refractivity contribution in [3.05, 3.63) is 18.2 Å². The Bertz CT molecular complexity index is 433. The molecule has 0 aromatic heterocycles. The Balaban J connectivity index is 2.14. The minimum atomic E-state index is -0.801. The summed E-state index contributed by atoms with van der Waals surface area (Å²) in [6, 6.07) is 5.52. The maximum absolute atomic E-state index is 10.7. The Hall–Kier alpha value is -1.91. The molecular formula is C12H15NO4. The summed E-state index contributed by atoms with van der Waals surface area (Å²) in [7, 11) is 1.87. The number of anilines is 1. The third-order valence-corrected chi connectivity index (χ3v) is 2.89. The van der Waals surface area contributed by atoms with Gasteiger partial charge in [0.15, 0.2) is 11.5 Å². The van der Waals surface area contributed by atoms with Gasteiger partial charge >= 0.3 is 5.97 Å². The lowest BCUT2D eigenvalue weighted by Gasteiger charge is -2.25. The van der Waals surface area contributed by atoms with Gasteiger partial charge in [-0.25, -0.2) is 0 Å². The monoisotopic (exact) mass is 237 g/mol. The minimum Gasteiger partial charge on any atom is -0.481 e. The van der Waals surface area contributed by atoms with E-state index in [1.165, 1.54) is 0 Å². The highest BCUT2D eigenvalue weighted by atomic mass is 16.7. The lowest BCUT2D eigenvalue weighted by molar-refractivity contribution is -0.137. The van der Waals surface area contributed by atoms with Crippen molar-refractivity contribution < 1.29 is 19.4 Å². The van der Waals surface area contributed by atoms with Crippen molar-refractivity contribution in [3.8, 4) is 11.5 Å². The fourth-order valence-corrected chi connectivity index (χ4v) is 1.75. The van der Waals surface area contributed by atoms with Gasteiger partial charge in [-0.2, -0.15) is 0 Å². The Morgan fingerprint density at radius 3 is 2.88 bits per heavy atom. The van der Waals surface area contributed by atoms with E-state index in [0.29, 0.717) is 5.75 Å². The summed E-state index contributed by atoms with van der Waals surface area (Å²) in [4.78, 5) is 12.6. The molecule has 0 saturated carbocycles. The first-order valence-electron chi connectivity index (χ1n) is 5.42. The molecule has 0 bridgehead atoms. The molecule has 1 N–H and O–H groups in total. The molecular weight excluding hydrogens is 222 g/mol. The van der Waals surface area contributed by atoms with E-state index >= 15 is 0 Å². The van der Waals surface area contributed by atoms with E-state index < -0.39 is 5.97 Å². The molecule has 1 unspecified atom stereocenters. The largest absolute Gasteiger partial charge is 0.481 e. The highest BCUT2D eigenvalue weighted by Crippen LogP contribution is 2.35. The number of hydrogen-bond acceptors (Lipinski definition) is 4. The van der Waals surface area contributed by atoms with Crippen molar-refractivity contribution >= 4 is 11.7 Å². The van der Waals surface area contributed by atoms with Gasteiger partial charge in [-0.15, -0.1) is 0 Å². The third kappa shape index (κ3) is 2.43. The zero-order valence-corrected chi connectivity index (χ0v) is 9.84. The predicted octanol–water partition coefficient (Wildman–Crippen LogP) is 1.71. The van der Waals surface area contributed by atoms with Crippen molar-refractivity contribution in [1.82, 2.24) is 0 Å². The molecule has 1 aliphatic heterocycles. The fraction of sp³-hybridized carbons (Fsp3) is 0.417. The topological polar surface area (TPSA) is 59.0 Å². The summed E-state index contributed by atoms with van der Waals surface area (Å²) in [6.07, 6.45) is 0.102. The van der Waals surface area contributed by atoms with Crippen LogP contribution in [0.2, 0.25) is 0 Å². The van der Waals surface area contributed by atoms with Gasteiger partial charge in [-0.1, -0.05) is 0 Å². The van der Waals surface area contributed by atoms with E-state index in [1.54, 1.807) is 0 Å². The van der Waals surface area contributed by atoms with Crippen LogP contribution in [0.15, 0.2) is 18.2 Å². The lowest BCUT2D eigenvalue weighted by Crippen LogP contribution is -2.30. The van der Waals surface area contributed by atoms with E-state index in [1.807, 2.05) is 37.1 Å². The molecule has 1 atom stereocenters. The molecule has 17 heavy (non-hydrogen) atoms. The molecule has 0 amide bonds. The third-order valence-electron chi connectivity index (χ3n) is 2.89. The second kappa shape index (κ2) is 4.53. The van der Waals surface area contributed by atoms with E-state index in [-0.39, 0.29) is 19.3 Å². The minimum absolute atomic E-state index is 0.0760. The van der Waals surface area contributed by atoms with Gasteiger partial charge in [0.05, 0.1) is 6.42 Å². The number of carboxylic acid groups (broad SMARTS) is 1. The van der Waals surface area contributed by atoms with Gasteiger partial charge in [-0.05, 0) is 19.1 Å². The van der Waals surface area contributed by atoms with Crippen LogP contribution in [0.1, 0.15) is 13.3 Å². The van der Waals surface area contributed by atoms with Gasteiger partial charge in [0.25, 0.3) is 0 Å². The molecule has 0 radical (unpaired) electrons. The van der Waals surface area contributed by atoms with Crippen LogP contribution < -0.4 is 14.4 Å². The van der Waals surface area contributed by atoms with Crippen LogP contribution in [0.4, 0.5) is 5.69 Å². The molecule has 5 heteroatoms. The molecule has 0 spiro atoms. The second-order valence-corrected chi connectivity index (χ2v) is 4.10. The zero-order chi connectivity index (χ0) is 12.4. The number of aliphatic carboxylic acids is 1. The first-order chi connectivity index (χ1) is 8.08. The number of fused-ring (bicyclic) bond motifs is 1. The Morgan fingerprint density at radius 2 is 2.18 bits per heavy atom. The number of benzene rings is 1. The van der Waals surface area contributed by atoms with Gasteiger partial charge < -0.3 is 19.5 Å². The number of carboxylic acids is 1. The smallest absolute Gasteiger partial charge is 0.305 e. The molecule has 1 heterocycles. The Kier molecular flexibility index (Phi) is 3.08. The lowest BCUT2D eigenvalue weighted by atomic mass is 10.2. The molecule has 1 aliphatic rings. The number of hydrogen-bond donors (Lipinski definition) is 1. The molecule has 0 aliphatic carbocycles. The van der Waals surface area contributed by atoms with Crippen LogP contribution >= 0.6 is 0 Å². The van der Waals surface area contributed by atoms with Gasteiger partial charge in [0.2, 0.25) is 6.79 Å². The van der Waals surface area contributed by atoms with Crippen LogP contribution in [-0.4, -0.2) is 31.0 Å². The highest BCUT2D eigenvalue weighted by Gasteiger charge is 2.18. The Morgan fingerprint density at radius 1 is 1.47 bits per heavy atom. The number of ether oxygens (including phenoxy) is 2. The Labute approximate surface area is 99.6 Å². The average molecular weight is 237 g/mol. The SMILES string of the molecule is CC(CC(=O)O)N(C)c1ccc2c(c1)OCO2. The van der Waals surface area contributed by atoms with E-state index in [0.717, 1.165) is 11.4 Å². The van der Waals surface area contributed by atoms with Crippen LogP contribution in [-0.2, 0) is 4.79 Å². The van der Waals surface area contributed by atoms with Gasteiger partial charge in [0.1, 0.15) is 0 Å². The summed E-state index contributed by atoms with van der Waals surface area (Å²) < 4.78 is 10.5. The first-order valence-corrected chi connectivity index (χ1v) is 5.42. The van der Waals surface area contributed by atoms with Crippen LogP contribution in [0.3, 0.4) is 0 Å². The van der Waals surface area contributed by atoms with E-state index in [2.05, 4.69) is 0 Å². The maximum atomic E-state index is 10.7. The molecule has 1 aromatic rings. The standard InChI is InChI=1S/C12H15NO4/c1-8(5-12(14)15)13(2)9-3-4-10-11(6-9)17-7-16-10/h3-4,6,8H,5,7H2,1-2H3,(H,14,15). The average Bonchev–Trinajstić information content (AvgIpc) is 2.73. The van der Waals surface area contributed by atoms with Crippen molar-refractivity contribution in [1.29, 1.82) is 0 Å². The van der Waals surface area contributed by atoms with E-state index in [4.69, 9.17) is 14.6 Å². The zero-order valence-electron chi connectivity index (χ0n) is 9.84. The molecule has 0 fully saturated rings. The van der Waals surface area contributed by atoms with Crippen molar-refractivity contribution in [2.75, 3.05) is 18.7 Å². The highest BCUT2D eigenvalue weighted by molar-refractivity contribution is 5.68. The summed E-state index contributed by atoms with van der Waals surface area (Å²) in [6.45, 7) is 2.12. The van der Waals surface area contributed by atoms with E-state index in [9.17, 15) is 4.79 Å². The molecule has 2 rings (SSSR count). The van der Waals surface area contributed by atoms with Crippen LogP contribution in [0, 0.1) is 0 Å². The van der Waals surface area contributed by atoms with Crippen LogP contribution in [0.25, 0.3) is 0 Å². The molecule has 0 saturated heterocycles. The normalized spacial score (nSPS) is 14.5. The summed E-state index contributed by atoms with van der Waals surface area (Å²) in [5, 5.41) is 8.76. The number of carbonyl (C=O) groups is 1. The maximum Gasteiger partial charge on any atom is 0.305 e. The van der Waals surface area contributed by atoms with Gasteiger partial charge in [0, 0.05) is 24.8 Å². The quantitative estimate of drug-likeness (QED) is 0.864. The van der Waals surface area contributed by atoms with Crippen molar-refractivity contribution in [2.45, 2.75) is 19.4 Å². The molecule has 1 aromatic carbocycles. The summed E-state index contributed by atoms with van der Waals surface area (Å²) in [5.74, 6) is 0.634. The first kappa shape index (κ1) is 11.6. The fourth-order valence-electron chi connectivity index (χ4n) is 1.75. The second-order valence-electron chi connectivity index (χ2n) is 4.10. The predicted molar refractivity (Wildman–Crippen MR) is 62.7 cm³/mol. The molecule has 92 valence electrons. The summed E-state index contributed by atoms with van der Waals surface area (Å²) >= 11 is 0. The number of rotatable bonds is 4. The molecule has 5 nitrogen and oxygen atoms in total. The van der Waals surface area contributed by atoms with Crippen LogP contribution in [0.5, 0.6) is 11.5 Å². The van der Waals surface area contributed by atoms with Gasteiger partial charge in [-0.3, -0.25) is 4.79 Å². The summed E-state index contributed by atoms with van der Waals surface area (Å²) in [5.41, 5.74) is 0.919. The number of nitrogens with zero attached hydrogens (tertiary/aromatic N) is 1. The van der Waals surface area contributed by atoms with Crippen molar-refractivity contribution in [2.24, 2.45) is 0 Å².